The molecular formula is C15H33IN4. The molecule has 1 heterocycles. The smallest absolute Gasteiger partial charge is 0.188 e. The van der Waals surface area contributed by atoms with Crippen LogP contribution in [0.15, 0.2) is 4.99 Å². The van der Waals surface area contributed by atoms with E-state index in [1.807, 2.05) is 0 Å². The zero-order valence-electron chi connectivity index (χ0n) is 13.4. The van der Waals surface area contributed by atoms with E-state index in [9.17, 15) is 0 Å². The third-order valence-corrected chi connectivity index (χ3v) is 3.88. The van der Waals surface area contributed by atoms with Gasteiger partial charge in [-0.15, -0.1) is 24.0 Å². The van der Waals surface area contributed by atoms with Gasteiger partial charge in [0.1, 0.15) is 0 Å². The fourth-order valence-corrected chi connectivity index (χ4v) is 2.68. The van der Waals surface area contributed by atoms with Crippen LogP contribution in [0.2, 0.25) is 0 Å². The first-order chi connectivity index (χ1) is 9.15. The number of nitrogens with two attached hydrogens (primary N) is 1. The van der Waals surface area contributed by atoms with Crippen molar-refractivity contribution >= 4 is 29.9 Å². The molecule has 1 aliphatic heterocycles. The summed E-state index contributed by atoms with van der Waals surface area (Å²) < 4.78 is 0. The summed E-state index contributed by atoms with van der Waals surface area (Å²) in [5.41, 5.74) is 5.89. The lowest BCUT2D eigenvalue weighted by atomic mass is 10.0. The van der Waals surface area contributed by atoms with E-state index in [1.165, 1.54) is 38.8 Å². The van der Waals surface area contributed by atoms with E-state index in [2.05, 4.69) is 36.0 Å². The van der Waals surface area contributed by atoms with Crippen molar-refractivity contribution in [2.45, 2.75) is 58.9 Å². The van der Waals surface area contributed by atoms with Gasteiger partial charge in [0.25, 0.3) is 0 Å². The lowest BCUT2D eigenvalue weighted by Crippen LogP contribution is -2.43. The standard InChI is InChI=1S/C15H32N4.HI/c1-4-9-17-15(16)18-12-14(13(2)3)19-10-7-5-6-8-11-19;/h13-14H,4-12H2,1-3H3,(H3,16,17,18);1H. The van der Waals surface area contributed by atoms with Crippen LogP contribution >= 0.6 is 24.0 Å². The van der Waals surface area contributed by atoms with Crippen LogP contribution in [0.5, 0.6) is 0 Å². The number of likely N-dealkylation sites (tertiary alicyclic amines) is 1. The van der Waals surface area contributed by atoms with Crippen molar-refractivity contribution in [2.75, 3.05) is 26.2 Å². The van der Waals surface area contributed by atoms with Gasteiger partial charge in [0, 0.05) is 12.6 Å². The van der Waals surface area contributed by atoms with Crippen molar-refractivity contribution in [3.05, 3.63) is 0 Å². The molecule has 0 spiro atoms. The van der Waals surface area contributed by atoms with Crippen LogP contribution in [0.4, 0.5) is 0 Å². The highest BCUT2D eigenvalue weighted by Crippen LogP contribution is 2.17. The summed E-state index contributed by atoms with van der Waals surface area (Å²) in [7, 11) is 0. The maximum atomic E-state index is 5.89. The monoisotopic (exact) mass is 396 g/mol. The largest absolute Gasteiger partial charge is 0.370 e. The van der Waals surface area contributed by atoms with Crippen LogP contribution in [-0.2, 0) is 0 Å². The summed E-state index contributed by atoms with van der Waals surface area (Å²) in [6.07, 6.45) is 6.50. The van der Waals surface area contributed by atoms with Gasteiger partial charge in [-0.2, -0.15) is 0 Å². The highest BCUT2D eigenvalue weighted by atomic mass is 127. The minimum Gasteiger partial charge on any atom is -0.370 e. The molecule has 0 aliphatic carbocycles. The Balaban J connectivity index is 0.00000361. The van der Waals surface area contributed by atoms with E-state index >= 15 is 0 Å². The fraction of sp³-hybridized carbons (Fsp3) is 0.933. The van der Waals surface area contributed by atoms with Crippen molar-refractivity contribution < 1.29 is 0 Å². The van der Waals surface area contributed by atoms with Crippen molar-refractivity contribution in [1.29, 1.82) is 0 Å². The van der Waals surface area contributed by atoms with Gasteiger partial charge < -0.3 is 11.1 Å². The SMILES string of the molecule is CCCNC(N)=NCC(C(C)C)N1CCCCCC1.I. The van der Waals surface area contributed by atoms with Gasteiger partial charge in [0.15, 0.2) is 5.96 Å². The summed E-state index contributed by atoms with van der Waals surface area (Å²) in [5, 5.41) is 3.15. The van der Waals surface area contributed by atoms with Gasteiger partial charge in [-0.3, -0.25) is 9.89 Å². The molecule has 1 saturated heterocycles. The Morgan fingerprint density at radius 2 is 1.80 bits per heavy atom. The number of hydrogen-bond donors (Lipinski definition) is 2. The van der Waals surface area contributed by atoms with E-state index < -0.39 is 0 Å². The van der Waals surface area contributed by atoms with Crippen LogP contribution in [0, 0.1) is 5.92 Å². The van der Waals surface area contributed by atoms with Crippen molar-refractivity contribution in [3.63, 3.8) is 0 Å². The molecule has 0 saturated carbocycles. The molecule has 4 nitrogen and oxygen atoms in total. The predicted molar refractivity (Wildman–Crippen MR) is 98.9 cm³/mol. The molecule has 1 fully saturated rings. The van der Waals surface area contributed by atoms with Crippen molar-refractivity contribution in [2.24, 2.45) is 16.6 Å². The minimum atomic E-state index is 0. The van der Waals surface area contributed by atoms with Crippen LogP contribution < -0.4 is 11.1 Å². The van der Waals surface area contributed by atoms with E-state index in [0.717, 1.165) is 19.5 Å². The lowest BCUT2D eigenvalue weighted by molar-refractivity contribution is 0.166. The number of nitrogens with zero attached hydrogens (tertiary/aromatic N) is 2. The molecule has 0 amide bonds. The van der Waals surface area contributed by atoms with Gasteiger partial charge in [-0.05, 0) is 38.3 Å². The fourth-order valence-electron chi connectivity index (χ4n) is 2.68. The number of hydrogen-bond acceptors (Lipinski definition) is 2. The zero-order chi connectivity index (χ0) is 14.1. The van der Waals surface area contributed by atoms with Crippen molar-refractivity contribution in [1.82, 2.24) is 10.2 Å². The van der Waals surface area contributed by atoms with E-state index in [1.54, 1.807) is 0 Å². The second-order valence-electron chi connectivity index (χ2n) is 5.91. The Kier molecular flexibility index (Phi) is 11.6. The summed E-state index contributed by atoms with van der Waals surface area (Å²) in [4.78, 5) is 7.15. The maximum absolute atomic E-state index is 5.89. The molecule has 1 aliphatic rings. The Bertz CT molecular complexity index is 261. The molecule has 120 valence electrons. The lowest BCUT2D eigenvalue weighted by Gasteiger charge is -2.32. The molecule has 0 bridgehead atoms. The van der Waals surface area contributed by atoms with Gasteiger partial charge in [-0.25, -0.2) is 0 Å². The molecule has 1 rings (SSSR count). The number of rotatable bonds is 6. The number of guanidine groups is 1. The molecule has 1 unspecified atom stereocenters. The Hall–Kier alpha value is -0.0400. The molecule has 0 aromatic heterocycles. The average Bonchev–Trinajstić information content (AvgIpc) is 2.65. The van der Waals surface area contributed by atoms with Crippen LogP contribution in [0.3, 0.4) is 0 Å². The van der Waals surface area contributed by atoms with Crippen LogP contribution in [0.25, 0.3) is 0 Å². The Labute approximate surface area is 142 Å². The first kappa shape index (κ1) is 20.0. The molecule has 1 atom stereocenters. The summed E-state index contributed by atoms with van der Waals surface area (Å²) in [6.45, 7) is 10.9. The number of halogens is 1. The number of aliphatic imine (C=N–C) groups is 1. The molecule has 5 heteroatoms. The second kappa shape index (κ2) is 11.6. The zero-order valence-corrected chi connectivity index (χ0v) is 15.7. The normalized spacial score (nSPS) is 19.3. The van der Waals surface area contributed by atoms with Gasteiger partial charge >= 0.3 is 0 Å². The minimum absolute atomic E-state index is 0. The summed E-state index contributed by atoms with van der Waals surface area (Å²) >= 11 is 0. The average molecular weight is 396 g/mol. The quantitative estimate of drug-likeness (QED) is 0.413. The van der Waals surface area contributed by atoms with Gasteiger partial charge in [0.2, 0.25) is 0 Å². The topological polar surface area (TPSA) is 53.6 Å². The van der Waals surface area contributed by atoms with Crippen LogP contribution in [-0.4, -0.2) is 43.1 Å². The Morgan fingerprint density at radius 1 is 1.20 bits per heavy atom. The number of nitrogens with one attached hydrogen (secondary N) is 1. The molecule has 0 radical (unpaired) electrons. The molecule has 0 aromatic rings. The molecular weight excluding hydrogens is 363 g/mol. The highest BCUT2D eigenvalue weighted by Gasteiger charge is 2.22. The molecule has 20 heavy (non-hydrogen) atoms. The van der Waals surface area contributed by atoms with E-state index in [-0.39, 0.29) is 24.0 Å². The maximum Gasteiger partial charge on any atom is 0.188 e. The molecule has 0 aromatic carbocycles. The molecule has 3 N–H and O–H groups in total. The second-order valence-corrected chi connectivity index (χ2v) is 5.91. The van der Waals surface area contributed by atoms with Crippen LogP contribution in [0.1, 0.15) is 52.9 Å². The Morgan fingerprint density at radius 3 is 2.30 bits per heavy atom. The van der Waals surface area contributed by atoms with Crippen molar-refractivity contribution in [3.8, 4) is 0 Å². The van der Waals surface area contributed by atoms with E-state index in [4.69, 9.17) is 5.73 Å². The van der Waals surface area contributed by atoms with E-state index in [0.29, 0.717) is 17.9 Å². The van der Waals surface area contributed by atoms with Gasteiger partial charge in [0.05, 0.1) is 6.54 Å². The predicted octanol–water partition coefficient (Wildman–Crippen LogP) is 2.82. The third kappa shape index (κ3) is 7.67. The summed E-state index contributed by atoms with van der Waals surface area (Å²) in [5.74, 6) is 1.23. The first-order valence-electron chi connectivity index (χ1n) is 7.93. The first-order valence-corrected chi connectivity index (χ1v) is 7.93. The highest BCUT2D eigenvalue weighted by molar-refractivity contribution is 14.0. The third-order valence-electron chi connectivity index (χ3n) is 3.88. The van der Waals surface area contributed by atoms with Gasteiger partial charge in [-0.1, -0.05) is 33.6 Å². The summed E-state index contributed by atoms with van der Waals surface area (Å²) in [6, 6.07) is 0.528.